The third-order valence-corrected chi connectivity index (χ3v) is 4.21. The minimum atomic E-state index is 0.369. The first-order valence-electron chi connectivity index (χ1n) is 8.10. The van der Waals surface area contributed by atoms with Crippen LogP contribution < -0.4 is 11.1 Å². The van der Waals surface area contributed by atoms with Crippen molar-refractivity contribution >= 4 is 33.8 Å². The highest BCUT2D eigenvalue weighted by atomic mass is 16.5. The van der Waals surface area contributed by atoms with Gasteiger partial charge in [0.1, 0.15) is 0 Å². The molecule has 0 bridgehead atoms. The Balaban J connectivity index is 1.66. The summed E-state index contributed by atoms with van der Waals surface area (Å²) in [5, 5.41) is 12.6. The number of rotatable bonds is 3. The Hall–Kier alpha value is -3.87. The highest BCUT2D eigenvalue weighted by Crippen LogP contribution is 2.29. The molecule has 0 aliphatic rings. The second-order valence-electron chi connectivity index (χ2n) is 5.91. The van der Waals surface area contributed by atoms with E-state index < -0.39 is 0 Å². The normalized spacial score (nSPS) is 11.2. The van der Waals surface area contributed by atoms with E-state index in [9.17, 15) is 0 Å². The minimum Gasteiger partial charge on any atom is -0.380 e. The number of nitrogen functional groups attached to an aromatic ring is 1. The van der Waals surface area contributed by atoms with Crippen LogP contribution in [0.25, 0.3) is 27.9 Å². The van der Waals surface area contributed by atoms with Gasteiger partial charge in [0.15, 0.2) is 17.0 Å². The Bertz CT molecular complexity index is 1220. The lowest BCUT2D eigenvalue weighted by Gasteiger charge is -2.10. The minimum absolute atomic E-state index is 0.369. The first-order valence-corrected chi connectivity index (χ1v) is 8.10. The van der Waals surface area contributed by atoms with Crippen molar-refractivity contribution < 1.29 is 4.52 Å². The molecule has 3 N–H and O–H groups in total. The van der Waals surface area contributed by atoms with Crippen LogP contribution in [0.15, 0.2) is 71.5 Å². The van der Waals surface area contributed by atoms with Crippen LogP contribution in [0.1, 0.15) is 0 Å². The molecule has 26 heavy (non-hydrogen) atoms. The number of benzene rings is 2. The number of nitrogens with zero attached hydrogens (tertiary/aromatic N) is 4. The quantitative estimate of drug-likeness (QED) is 0.517. The van der Waals surface area contributed by atoms with Gasteiger partial charge in [-0.05, 0) is 36.4 Å². The van der Waals surface area contributed by atoms with Gasteiger partial charge in [0, 0.05) is 23.6 Å². The maximum absolute atomic E-state index is 5.88. The maximum Gasteiger partial charge on any atom is 0.177 e. The van der Waals surface area contributed by atoms with E-state index in [1.165, 1.54) is 0 Å². The summed E-state index contributed by atoms with van der Waals surface area (Å²) in [5.41, 5.74) is 10.8. The van der Waals surface area contributed by atoms with Gasteiger partial charge in [-0.3, -0.25) is 0 Å². The van der Waals surface area contributed by atoms with Gasteiger partial charge in [0.25, 0.3) is 0 Å². The van der Waals surface area contributed by atoms with E-state index in [1.54, 1.807) is 10.7 Å². The van der Waals surface area contributed by atoms with Crippen LogP contribution in [0.3, 0.4) is 0 Å². The SMILES string of the molecule is Nc1noc2ccc(-c3cc(Nc4ccccc4)c4nccn4n3)cc12. The molecule has 0 amide bonds. The molecule has 7 heteroatoms. The standard InChI is InChI=1S/C19H14N6O/c20-18-14-10-12(6-7-17(14)26-24-18)15-11-16(19-21-8-9-25(19)23-15)22-13-4-2-1-3-5-13/h1-11,22H,(H2,20,24). The van der Waals surface area contributed by atoms with E-state index in [1.807, 2.05) is 60.8 Å². The fraction of sp³-hybridized carbons (Fsp3) is 0. The summed E-state index contributed by atoms with van der Waals surface area (Å²) >= 11 is 0. The monoisotopic (exact) mass is 342 g/mol. The third kappa shape index (κ3) is 2.34. The zero-order valence-electron chi connectivity index (χ0n) is 13.6. The average Bonchev–Trinajstić information content (AvgIpc) is 3.29. The van der Waals surface area contributed by atoms with E-state index in [4.69, 9.17) is 10.3 Å². The van der Waals surface area contributed by atoms with Crippen molar-refractivity contribution in [3.05, 3.63) is 67.0 Å². The lowest BCUT2D eigenvalue weighted by molar-refractivity contribution is 0.460. The van der Waals surface area contributed by atoms with Gasteiger partial charge >= 0.3 is 0 Å². The maximum atomic E-state index is 5.88. The predicted octanol–water partition coefficient (Wildman–Crippen LogP) is 3.86. The van der Waals surface area contributed by atoms with Crippen molar-refractivity contribution in [2.45, 2.75) is 0 Å². The third-order valence-electron chi connectivity index (χ3n) is 4.21. The van der Waals surface area contributed by atoms with Crippen molar-refractivity contribution in [2.75, 3.05) is 11.1 Å². The van der Waals surface area contributed by atoms with Crippen LogP contribution in [-0.4, -0.2) is 19.8 Å². The van der Waals surface area contributed by atoms with Crippen LogP contribution >= 0.6 is 0 Å². The number of imidazole rings is 1. The molecule has 0 spiro atoms. The molecule has 0 fully saturated rings. The van der Waals surface area contributed by atoms with Crippen molar-refractivity contribution in [2.24, 2.45) is 0 Å². The summed E-state index contributed by atoms with van der Waals surface area (Å²) in [6, 6.07) is 17.6. The van der Waals surface area contributed by atoms with Crippen molar-refractivity contribution in [3.8, 4) is 11.3 Å². The molecule has 5 aromatic rings. The second kappa shape index (κ2) is 5.59. The molecule has 5 rings (SSSR count). The molecule has 0 atom stereocenters. The fourth-order valence-corrected chi connectivity index (χ4v) is 2.94. The lowest BCUT2D eigenvalue weighted by Crippen LogP contribution is -2.00. The largest absolute Gasteiger partial charge is 0.380 e. The number of para-hydroxylation sites is 1. The van der Waals surface area contributed by atoms with Gasteiger partial charge in [-0.25, -0.2) is 9.50 Å². The molecular weight excluding hydrogens is 328 g/mol. The Morgan fingerprint density at radius 1 is 1.04 bits per heavy atom. The van der Waals surface area contributed by atoms with Gasteiger partial charge in [-0.1, -0.05) is 23.4 Å². The van der Waals surface area contributed by atoms with E-state index >= 15 is 0 Å². The Labute approximate surface area is 148 Å². The topological polar surface area (TPSA) is 94.3 Å². The molecule has 0 aliphatic heterocycles. The number of aromatic nitrogens is 4. The Kier molecular flexibility index (Phi) is 3.11. The number of anilines is 3. The van der Waals surface area contributed by atoms with Crippen LogP contribution in [-0.2, 0) is 0 Å². The highest BCUT2D eigenvalue weighted by molar-refractivity contribution is 5.91. The number of fused-ring (bicyclic) bond motifs is 2. The summed E-state index contributed by atoms with van der Waals surface area (Å²) in [7, 11) is 0. The molecule has 0 saturated carbocycles. The van der Waals surface area contributed by atoms with Gasteiger partial charge in [0.2, 0.25) is 0 Å². The van der Waals surface area contributed by atoms with Gasteiger partial charge < -0.3 is 15.6 Å². The summed E-state index contributed by atoms with van der Waals surface area (Å²) < 4.78 is 6.93. The molecule has 3 heterocycles. The lowest BCUT2D eigenvalue weighted by atomic mass is 10.1. The highest BCUT2D eigenvalue weighted by Gasteiger charge is 2.12. The molecule has 0 aliphatic carbocycles. The van der Waals surface area contributed by atoms with Crippen LogP contribution in [0, 0.1) is 0 Å². The molecule has 0 radical (unpaired) electrons. The van der Waals surface area contributed by atoms with E-state index in [-0.39, 0.29) is 0 Å². The number of hydrogen-bond acceptors (Lipinski definition) is 6. The number of nitrogens with one attached hydrogen (secondary N) is 1. The van der Waals surface area contributed by atoms with Crippen molar-refractivity contribution in [3.63, 3.8) is 0 Å². The zero-order chi connectivity index (χ0) is 17.5. The average molecular weight is 342 g/mol. The van der Waals surface area contributed by atoms with E-state index in [0.29, 0.717) is 11.4 Å². The van der Waals surface area contributed by atoms with E-state index in [2.05, 4.69) is 20.6 Å². The molecule has 0 unspecified atom stereocenters. The molecule has 7 nitrogen and oxygen atoms in total. The van der Waals surface area contributed by atoms with Crippen molar-refractivity contribution in [1.82, 2.24) is 19.8 Å². The van der Waals surface area contributed by atoms with Gasteiger partial charge in [-0.2, -0.15) is 5.10 Å². The molecule has 3 aromatic heterocycles. The fourth-order valence-electron chi connectivity index (χ4n) is 2.94. The second-order valence-corrected chi connectivity index (χ2v) is 5.91. The number of nitrogens with two attached hydrogens (primary N) is 1. The van der Waals surface area contributed by atoms with Gasteiger partial charge in [0.05, 0.1) is 16.8 Å². The van der Waals surface area contributed by atoms with E-state index in [0.717, 1.165) is 33.7 Å². The molecular formula is C19H14N6O. The smallest absolute Gasteiger partial charge is 0.177 e. The summed E-state index contributed by atoms with van der Waals surface area (Å²) in [6.45, 7) is 0. The molecule has 2 aromatic carbocycles. The van der Waals surface area contributed by atoms with Gasteiger partial charge in [-0.15, -0.1) is 0 Å². The Morgan fingerprint density at radius 2 is 1.92 bits per heavy atom. The summed E-state index contributed by atoms with van der Waals surface area (Å²) in [5.74, 6) is 0.369. The first kappa shape index (κ1) is 14.5. The Morgan fingerprint density at radius 3 is 2.81 bits per heavy atom. The number of hydrogen-bond donors (Lipinski definition) is 2. The zero-order valence-corrected chi connectivity index (χ0v) is 13.6. The van der Waals surface area contributed by atoms with Crippen LogP contribution in [0.2, 0.25) is 0 Å². The van der Waals surface area contributed by atoms with Crippen LogP contribution in [0.5, 0.6) is 0 Å². The summed E-state index contributed by atoms with van der Waals surface area (Å²) in [6.07, 6.45) is 3.55. The van der Waals surface area contributed by atoms with Crippen LogP contribution in [0.4, 0.5) is 17.2 Å². The summed E-state index contributed by atoms with van der Waals surface area (Å²) in [4.78, 5) is 4.40. The van der Waals surface area contributed by atoms with Crippen molar-refractivity contribution in [1.29, 1.82) is 0 Å². The first-order chi connectivity index (χ1) is 12.8. The predicted molar refractivity (Wildman–Crippen MR) is 100 cm³/mol. The molecule has 126 valence electrons. The molecule has 0 saturated heterocycles.